The van der Waals surface area contributed by atoms with Crippen LogP contribution in [0.4, 0.5) is 26.3 Å². The van der Waals surface area contributed by atoms with Crippen LogP contribution >= 0.6 is 0 Å². The molecule has 0 amide bonds. The summed E-state index contributed by atoms with van der Waals surface area (Å²) in [5.74, 6) is -1.14. The number of rotatable bonds is 5. The third-order valence-corrected chi connectivity index (χ3v) is 4.26. The Labute approximate surface area is 164 Å². The summed E-state index contributed by atoms with van der Waals surface area (Å²) in [5, 5.41) is 9.33. The molecule has 11 heteroatoms. The van der Waals surface area contributed by atoms with Crippen molar-refractivity contribution >= 4 is 16.9 Å². The maximum Gasteiger partial charge on any atom is 0.416 e. The van der Waals surface area contributed by atoms with Gasteiger partial charge in [0.1, 0.15) is 23.8 Å². The van der Waals surface area contributed by atoms with Crippen LogP contribution < -0.4 is 9.47 Å². The van der Waals surface area contributed by atoms with E-state index >= 15 is 0 Å². The van der Waals surface area contributed by atoms with E-state index in [9.17, 15) is 31.1 Å². The number of aromatic amines is 1. The molecule has 0 fully saturated rings. The van der Waals surface area contributed by atoms with Crippen molar-refractivity contribution in [1.29, 1.82) is 0 Å². The Hall–Kier alpha value is -3.37. The van der Waals surface area contributed by atoms with Gasteiger partial charge in [0.2, 0.25) is 0 Å². The molecule has 3 rings (SSSR count). The highest BCUT2D eigenvalue weighted by atomic mass is 19.4. The van der Waals surface area contributed by atoms with Gasteiger partial charge in [0, 0.05) is 23.1 Å². The zero-order chi connectivity index (χ0) is 22.3. The Morgan fingerprint density at radius 2 is 1.73 bits per heavy atom. The van der Waals surface area contributed by atoms with Gasteiger partial charge in [-0.15, -0.1) is 0 Å². The number of halogens is 6. The largest absolute Gasteiger partial charge is 0.497 e. The minimum Gasteiger partial charge on any atom is -0.497 e. The highest BCUT2D eigenvalue weighted by Crippen LogP contribution is 2.38. The quantitative estimate of drug-likeness (QED) is 0.522. The summed E-state index contributed by atoms with van der Waals surface area (Å²) in [5.41, 5.74) is -3.18. The molecule has 160 valence electrons. The van der Waals surface area contributed by atoms with Gasteiger partial charge in [0.15, 0.2) is 0 Å². The van der Waals surface area contributed by atoms with Crippen molar-refractivity contribution in [3.05, 3.63) is 58.8 Å². The lowest BCUT2D eigenvalue weighted by atomic mass is 10.0. The van der Waals surface area contributed by atoms with Crippen molar-refractivity contribution in [2.45, 2.75) is 19.0 Å². The van der Waals surface area contributed by atoms with Gasteiger partial charge < -0.3 is 19.6 Å². The first kappa shape index (κ1) is 21.3. The summed E-state index contributed by atoms with van der Waals surface area (Å²) in [7, 11) is 1.31. The van der Waals surface area contributed by atoms with Crippen LogP contribution in [0.5, 0.6) is 11.5 Å². The predicted octanol–water partition coefficient (Wildman–Crippen LogP) is 5.49. The van der Waals surface area contributed by atoms with Crippen molar-refractivity contribution in [2.24, 2.45) is 0 Å². The second-order valence-electron chi connectivity index (χ2n) is 6.23. The van der Waals surface area contributed by atoms with Gasteiger partial charge in [-0.3, -0.25) is 0 Å². The SMILES string of the molecule is COc1cc(OCc2cc(C(F)(F)F)ccc2C(F)(F)F)c2cc(C(=O)O)[nH]c2c1. The third kappa shape index (κ3) is 4.29. The predicted molar refractivity (Wildman–Crippen MR) is 92.6 cm³/mol. The van der Waals surface area contributed by atoms with Crippen molar-refractivity contribution in [2.75, 3.05) is 7.11 Å². The maximum absolute atomic E-state index is 13.2. The second kappa shape index (κ2) is 7.47. The van der Waals surface area contributed by atoms with E-state index in [0.717, 1.165) is 0 Å². The van der Waals surface area contributed by atoms with E-state index in [2.05, 4.69) is 4.98 Å². The summed E-state index contributed by atoms with van der Waals surface area (Å²) >= 11 is 0. The molecule has 1 heterocycles. The number of methoxy groups -OCH3 is 1. The van der Waals surface area contributed by atoms with E-state index < -0.39 is 41.6 Å². The third-order valence-electron chi connectivity index (χ3n) is 4.26. The zero-order valence-corrected chi connectivity index (χ0v) is 15.1. The first-order chi connectivity index (χ1) is 13.9. The number of fused-ring (bicyclic) bond motifs is 1. The van der Waals surface area contributed by atoms with Gasteiger partial charge in [-0.05, 0) is 24.3 Å². The molecule has 2 aromatic carbocycles. The number of hydrogen-bond acceptors (Lipinski definition) is 3. The summed E-state index contributed by atoms with van der Waals surface area (Å²) in [6.07, 6.45) is -9.73. The first-order valence-corrected chi connectivity index (χ1v) is 8.24. The molecule has 0 bridgehead atoms. The van der Waals surface area contributed by atoms with Crippen LogP contribution in [0, 0.1) is 0 Å². The Bertz CT molecular complexity index is 1100. The number of aromatic carboxylic acids is 1. The van der Waals surface area contributed by atoms with Crippen molar-refractivity contribution in [3.8, 4) is 11.5 Å². The Kier molecular flexibility index (Phi) is 5.31. The molecule has 0 saturated carbocycles. The summed E-state index contributed by atoms with van der Waals surface area (Å²) in [4.78, 5) is 13.8. The monoisotopic (exact) mass is 433 g/mol. The maximum atomic E-state index is 13.2. The van der Waals surface area contributed by atoms with Gasteiger partial charge in [-0.2, -0.15) is 26.3 Å². The average Bonchev–Trinajstić information content (AvgIpc) is 3.08. The Balaban J connectivity index is 2.04. The lowest BCUT2D eigenvalue weighted by molar-refractivity contribution is -0.142. The second-order valence-corrected chi connectivity index (χ2v) is 6.23. The molecular formula is C19H13F6NO4. The van der Waals surface area contributed by atoms with Crippen molar-refractivity contribution in [3.63, 3.8) is 0 Å². The topological polar surface area (TPSA) is 71.6 Å². The van der Waals surface area contributed by atoms with E-state index in [1.165, 1.54) is 25.3 Å². The summed E-state index contributed by atoms with van der Waals surface area (Å²) in [6, 6.07) is 5.01. The summed E-state index contributed by atoms with van der Waals surface area (Å²) in [6.45, 7) is -0.839. The minimum atomic E-state index is -4.89. The zero-order valence-electron chi connectivity index (χ0n) is 15.1. The van der Waals surface area contributed by atoms with Crippen LogP contribution in [-0.4, -0.2) is 23.2 Å². The molecule has 0 radical (unpaired) electrons. The smallest absolute Gasteiger partial charge is 0.416 e. The van der Waals surface area contributed by atoms with E-state index in [1.807, 2.05) is 0 Å². The molecule has 5 nitrogen and oxygen atoms in total. The number of hydrogen-bond donors (Lipinski definition) is 2. The summed E-state index contributed by atoms with van der Waals surface area (Å²) < 4.78 is 89.0. The number of H-pyrrole nitrogens is 1. The molecule has 0 spiro atoms. The van der Waals surface area contributed by atoms with E-state index in [0.29, 0.717) is 18.2 Å². The molecule has 0 unspecified atom stereocenters. The van der Waals surface area contributed by atoms with Crippen LogP contribution in [0.3, 0.4) is 0 Å². The highest BCUT2D eigenvalue weighted by molar-refractivity contribution is 5.96. The van der Waals surface area contributed by atoms with E-state index in [-0.39, 0.29) is 28.1 Å². The lowest BCUT2D eigenvalue weighted by Crippen LogP contribution is -2.14. The fourth-order valence-corrected chi connectivity index (χ4v) is 2.85. The van der Waals surface area contributed by atoms with Crippen LogP contribution in [0.1, 0.15) is 27.2 Å². The van der Waals surface area contributed by atoms with E-state index in [4.69, 9.17) is 14.6 Å². The molecule has 0 saturated heterocycles. The normalized spacial score (nSPS) is 12.2. The molecule has 1 aromatic heterocycles. The Morgan fingerprint density at radius 1 is 1.03 bits per heavy atom. The van der Waals surface area contributed by atoms with Crippen LogP contribution in [-0.2, 0) is 19.0 Å². The van der Waals surface area contributed by atoms with Gasteiger partial charge in [-0.1, -0.05) is 0 Å². The molecular weight excluding hydrogens is 420 g/mol. The fourth-order valence-electron chi connectivity index (χ4n) is 2.85. The van der Waals surface area contributed by atoms with Crippen molar-refractivity contribution < 1.29 is 45.7 Å². The number of carbonyl (C=O) groups is 1. The lowest BCUT2D eigenvalue weighted by Gasteiger charge is -2.17. The number of carboxylic acids is 1. The molecule has 3 aromatic rings. The number of alkyl halides is 6. The molecule has 0 aliphatic carbocycles. The van der Waals surface area contributed by atoms with Crippen LogP contribution in [0.2, 0.25) is 0 Å². The highest BCUT2D eigenvalue weighted by Gasteiger charge is 2.37. The number of benzene rings is 2. The molecule has 0 aliphatic heterocycles. The first-order valence-electron chi connectivity index (χ1n) is 8.24. The molecule has 2 N–H and O–H groups in total. The van der Waals surface area contributed by atoms with Gasteiger partial charge >= 0.3 is 18.3 Å². The minimum absolute atomic E-state index is 0.0568. The number of nitrogens with one attached hydrogen (secondary N) is 1. The standard InChI is InChI=1S/C19H13F6NO4/c1-29-11-5-14-12(7-15(26-14)17(27)28)16(6-11)30-8-9-4-10(18(20,21)22)2-3-13(9)19(23,24)25/h2-7,26H,8H2,1H3,(H,27,28). The number of aromatic nitrogens is 1. The number of carboxylic acid groups (broad SMARTS) is 1. The fraction of sp³-hybridized carbons (Fsp3) is 0.211. The van der Waals surface area contributed by atoms with Crippen LogP contribution in [0.25, 0.3) is 10.9 Å². The van der Waals surface area contributed by atoms with Gasteiger partial charge in [-0.25, -0.2) is 4.79 Å². The Morgan fingerprint density at radius 3 is 2.30 bits per heavy atom. The molecule has 0 aliphatic rings. The number of ether oxygens (including phenoxy) is 2. The van der Waals surface area contributed by atoms with Crippen molar-refractivity contribution in [1.82, 2.24) is 4.98 Å². The van der Waals surface area contributed by atoms with Gasteiger partial charge in [0.05, 0.1) is 23.8 Å². The average molecular weight is 433 g/mol. The van der Waals surface area contributed by atoms with Crippen LogP contribution in [0.15, 0.2) is 36.4 Å². The molecule has 0 atom stereocenters. The molecule has 30 heavy (non-hydrogen) atoms. The van der Waals surface area contributed by atoms with E-state index in [1.54, 1.807) is 0 Å². The van der Waals surface area contributed by atoms with Gasteiger partial charge in [0.25, 0.3) is 0 Å².